The van der Waals surface area contributed by atoms with E-state index in [0.29, 0.717) is 28.4 Å². The van der Waals surface area contributed by atoms with Gasteiger partial charge in [-0.2, -0.15) is 0 Å². The van der Waals surface area contributed by atoms with Gasteiger partial charge < -0.3 is 20.7 Å². The van der Waals surface area contributed by atoms with Gasteiger partial charge in [0.1, 0.15) is 11.3 Å². The number of rotatable bonds is 10. The zero-order valence-electron chi connectivity index (χ0n) is 22.8. The summed E-state index contributed by atoms with van der Waals surface area (Å²) >= 11 is 0. The number of carbonyl (C=O) groups excluding carboxylic acids is 2. The minimum absolute atomic E-state index is 0.00168. The Morgan fingerprint density at radius 2 is 1.34 bits per heavy atom. The molecule has 5 rings (SSSR count). The molecule has 0 fully saturated rings. The molecule has 0 aliphatic carbocycles. The van der Waals surface area contributed by atoms with Crippen molar-refractivity contribution in [2.45, 2.75) is 12.0 Å². The van der Waals surface area contributed by atoms with Crippen molar-refractivity contribution in [2.75, 3.05) is 23.1 Å². The fourth-order valence-corrected chi connectivity index (χ4v) is 4.83. The minimum atomic E-state index is -1.38. The molecule has 41 heavy (non-hydrogen) atoms. The van der Waals surface area contributed by atoms with Gasteiger partial charge in [-0.05, 0) is 53.4 Å². The summed E-state index contributed by atoms with van der Waals surface area (Å²) in [7, 11) is 1.60. The number of ether oxygens (including phenoxy) is 1. The third kappa shape index (κ3) is 6.12. The van der Waals surface area contributed by atoms with Crippen molar-refractivity contribution in [2.24, 2.45) is 0 Å². The van der Waals surface area contributed by atoms with E-state index in [9.17, 15) is 9.59 Å². The summed E-state index contributed by atoms with van der Waals surface area (Å²) in [6, 6.07) is 39.5. The summed E-state index contributed by atoms with van der Waals surface area (Å²) in [6.07, 6.45) is -0.00168. The summed E-state index contributed by atoms with van der Waals surface area (Å²) in [4.78, 5) is 27.9. The van der Waals surface area contributed by atoms with Gasteiger partial charge in [-0.15, -0.1) is 0 Å². The zero-order chi connectivity index (χ0) is 28.7. The summed E-state index contributed by atoms with van der Waals surface area (Å²) in [5.74, 6) is -0.0102. The van der Waals surface area contributed by atoms with Crippen LogP contribution in [0.3, 0.4) is 0 Å². The van der Waals surface area contributed by atoms with E-state index < -0.39 is 5.54 Å². The lowest BCUT2D eigenvalue weighted by atomic mass is 9.82. The number of amides is 2. The molecule has 5 aromatic rings. The predicted molar refractivity (Wildman–Crippen MR) is 166 cm³/mol. The molecule has 0 saturated heterocycles. The minimum Gasteiger partial charge on any atom is -0.497 e. The molecular weight excluding hydrogens is 510 g/mol. The molecule has 1 unspecified atom stereocenters. The molecule has 3 N–H and O–H groups in total. The smallest absolute Gasteiger partial charge is 0.255 e. The highest BCUT2D eigenvalue weighted by Crippen LogP contribution is 2.35. The maximum Gasteiger partial charge on any atom is 0.255 e. The van der Waals surface area contributed by atoms with Crippen LogP contribution in [0, 0.1) is 0 Å². The zero-order valence-corrected chi connectivity index (χ0v) is 22.8. The highest BCUT2D eigenvalue weighted by atomic mass is 16.5. The SMILES string of the molecule is C=C(CC(Nc1ccc(OC)cc1)(C(=O)Nc1ccccc1)c1ccccc1)C(=O)Nc1cccc2ccccc12. The number of nitrogens with one attached hydrogen (secondary N) is 3. The lowest BCUT2D eigenvalue weighted by Gasteiger charge is -2.35. The van der Waals surface area contributed by atoms with Crippen LogP contribution in [0.4, 0.5) is 17.1 Å². The van der Waals surface area contributed by atoms with E-state index in [1.807, 2.05) is 127 Å². The molecule has 6 nitrogen and oxygen atoms in total. The number of anilines is 3. The van der Waals surface area contributed by atoms with E-state index >= 15 is 0 Å². The second-order valence-corrected chi connectivity index (χ2v) is 9.71. The van der Waals surface area contributed by atoms with Crippen molar-refractivity contribution < 1.29 is 14.3 Å². The predicted octanol–water partition coefficient (Wildman–Crippen LogP) is 7.38. The number of para-hydroxylation sites is 1. The van der Waals surface area contributed by atoms with Crippen LogP contribution in [-0.4, -0.2) is 18.9 Å². The van der Waals surface area contributed by atoms with Gasteiger partial charge in [-0.25, -0.2) is 0 Å². The number of fused-ring (bicyclic) bond motifs is 1. The van der Waals surface area contributed by atoms with Crippen LogP contribution in [0.5, 0.6) is 5.75 Å². The average Bonchev–Trinajstić information content (AvgIpc) is 3.02. The number of hydrogen-bond donors (Lipinski definition) is 3. The van der Waals surface area contributed by atoms with E-state index in [1.54, 1.807) is 7.11 Å². The van der Waals surface area contributed by atoms with Crippen LogP contribution in [0.25, 0.3) is 10.8 Å². The van der Waals surface area contributed by atoms with Crippen molar-refractivity contribution in [1.82, 2.24) is 0 Å². The van der Waals surface area contributed by atoms with Crippen LogP contribution in [0.2, 0.25) is 0 Å². The van der Waals surface area contributed by atoms with Crippen LogP contribution in [-0.2, 0) is 15.1 Å². The number of carbonyl (C=O) groups is 2. The quantitative estimate of drug-likeness (QED) is 0.161. The first kappa shape index (κ1) is 27.2. The van der Waals surface area contributed by atoms with Gasteiger partial charge in [-0.3, -0.25) is 9.59 Å². The third-order valence-corrected chi connectivity index (χ3v) is 6.97. The Balaban J connectivity index is 1.53. The molecule has 0 spiro atoms. The Labute approximate surface area is 239 Å². The summed E-state index contributed by atoms with van der Waals surface area (Å²) in [5.41, 5.74) is 1.55. The Bertz CT molecular complexity index is 1660. The van der Waals surface area contributed by atoms with E-state index in [1.165, 1.54) is 0 Å². The third-order valence-electron chi connectivity index (χ3n) is 6.97. The monoisotopic (exact) mass is 541 g/mol. The lowest BCUT2D eigenvalue weighted by Crippen LogP contribution is -2.48. The van der Waals surface area contributed by atoms with Crippen molar-refractivity contribution in [3.8, 4) is 5.75 Å². The summed E-state index contributed by atoms with van der Waals surface area (Å²) < 4.78 is 5.32. The molecule has 0 aliphatic rings. The number of methoxy groups -OCH3 is 1. The van der Waals surface area contributed by atoms with E-state index in [0.717, 1.165) is 10.8 Å². The summed E-state index contributed by atoms with van der Waals surface area (Å²) in [6.45, 7) is 4.15. The normalized spacial score (nSPS) is 12.1. The molecule has 2 amide bonds. The van der Waals surface area contributed by atoms with Crippen LogP contribution >= 0.6 is 0 Å². The lowest BCUT2D eigenvalue weighted by molar-refractivity contribution is -0.120. The second kappa shape index (κ2) is 12.2. The Morgan fingerprint density at radius 3 is 2.05 bits per heavy atom. The van der Waals surface area contributed by atoms with Crippen molar-refractivity contribution >= 4 is 39.6 Å². The van der Waals surface area contributed by atoms with Crippen LogP contribution in [0.1, 0.15) is 12.0 Å². The molecule has 0 bridgehead atoms. The first-order valence-corrected chi connectivity index (χ1v) is 13.3. The molecule has 0 heterocycles. The standard InChI is InChI=1S/C35H31N3O3/c1-25(33(39)37-32-19-11-13-26-12-9-10-18-31(26)32)24-35(27-14-5-3-6-15-27,34(40)36-28-16-7-4-8-17-28)38-29-20-22-30(41-2)23-21-29/h3-23,38H,1,24H2,2H3,(H,36,40)(H,37,39). The van der Waals surface area contributed by atoms with Crippen LogP contribution < -0.4 is 20.7 Å². The van der Waals surface area contributed by atoms with E-state index in [2.05, 4.69) is 22.5 Å². The van der Waals surface area contributed by atoms with Crippen molar-refractivity contribution in [3.63, 3.8) is 0 Å². The molecule has 1 atom stereocenters. The number of benzene rings is 5. The molecular formula is C35H31N3O3. The molecule has 0 aromatic heterocycles. The fourth-order valence-electron chi connectivity index (χ4n) is 4.83. The van der Waals surface area contributed by atoms with Gasteiger partial charge in [0.05, 0.1) is 7.11 Å². The van der Waals surface area contributed by atoms with Gasteiger partial charge >= 0.3 is 0 Å². The fraction of sp³-hybridized carbons (Fsp3) is 0.0857. The van der Waals surface area contributed by atoms with E-state index in [4.69, 9.17) is 4.74 Å². The van der Waals surface area contributed by atoms with Gasteiger partial charge in [0, 0.05) is 34.4 Å². The van der Waals surface area contributed by atoms with Crippen LogP contribution in [0.15, 0.2) is 140 Å². The van der Waals surface area contributed by atoms with Gasteiger partial charge in [0.25, 0.3) is 11.8 Å². The van der Waals surface area contributed by atoms with Crippen molar-refractivity contribution in [3.05, 3.63) is 145 Å². The Hall–Kier alpha value is -5.36. The maximum atomic E-state index is 14.3. The molecule has 0 radical (unpaired) electrons. The Morgan fingerprint density at radius 1 is 0.707 bits per heavy atom. The molecule has 6 heteroatoms. The molecule has 5 aromatic carbocycles. The maximum absolute atomic E-state index is 14.3. The average molecular weight is 542 g/mol. The summed E-state index contributed by atoms with van der Waals surface area (Å²) in [5, 5.41) is 11.4. The van der Waals surface area contributed by atoms with E-state index in [-0.39, 0.29) is 23.8 Å². The first-order chi connectivity index (χ1) is 20.0. The highest BCUT2D eigenvalue weighted by Gasteiger charge is 2.42. The Kier molecular flexibility index (Phi) is 8.11. The van der Waals surface area contributed by atoms with Crippen molar-refractivity contribution in [1.29, 1.82) is 0 Å². The molecule has 0 saturated carbocycles. The van der Waals surface area contributed by atoms with Gasteiger partial charge in [0.15, 0.2) is 0 Å². The highest BCUT2D eigenvalue weighted by molar-refractivity contribution is 6.10. The largest absolute Gasteiger partial charge is 0.497 e. The van der Waals surface area contributed by atoms with Gasteiger partial charge in [0.2, 0.25) is 0 Å². The topological polar surface area (TPSA) is 79.5 Å². The second-order valence-electron chi connectivity index (χ2n) is 9.71. The first-order valence-electron chi connectivity index (χ1n) is 13.3. The molecule has 204 valence electrons. The molecule has 0 aliphatic heterocycles. The van der Waals surface area contributed by atoms with Gasteiger partial charge in [-0.1, -0.05) is 91.5 Å². The number of hydrogen-bond acceptors (Lipinski definition) is 4.